The van der Waals surface area contributed by atoms with Crippen LogP contribution in [0.25, 0.3) is 0 Å². The van der Waals surface area contributed by atoms with E-state index in [0.29, 0.717) is 11.3 Å². The third-order valence-corrected chi connectivity index (χ3v) is 2.14. The summed E-state index contributed by atoms with van der Waals surface area (Å²) in [6, 6.07) is 3.61. The van der Waals surface area contributed by atoms with Crippen molar-refractivity contribution < 1.29 is 14.9 Å². The molecule has 0 saturated heterocycles. The summed E-state index contributed by atoms with van der Waals surface area (Å²) in [5, 5.41) is 18.6. The molecule has 0 amide bonds. The Kier molecular flexibility index (Phi) is 3.77. The second kappa shape index (κ2) is 4.86. The molecule has 0 bridgehead atoms. The van der Waals surface area contributed by atoms with Gasteiger partial charge in [0.1, 0.15) is 0 Å². The zero-order valence-corrected chi connectivity index (χ0v) is 8.58. The predicted molar refractivity (Wildman–Crippen MR) is 54.6 cm³/mol. The molecule has 1 aromatic carbocycles. The fraction of sp³-hybridized carbons (Fsp3) is 0.455. The molecule has 0 fully saturated rings. The molecule has 1 rings (SSSR count). The molecule has 0 unspecified atom stereocenters. The van der Waals surface area contributed by atoms with Crippen LogP contribution in [0.15, 0.2) is 12.1 Å². The Hall–Kier alpha value is -1.22. The second-order valence-corrected chi connectivity index (χ2v) is 3.21. The van der Waals surface area contributed by atoms with Gasteiger partial charge in [-0.15, -0.1) is 0 Å². The van der Waals surface area contributed by atoms with Gasteiger partial charge in [-0.2, -0.15) is 0 Å². The Labute approximate surface area is 84.0 Å². The highest BCUT2D eigenvalue weighted by atomic mass is 16.5. The van der Waals surface area contributed by atoms with Crippen molar-refractivity contribution in [3.8, 4) is 11.5 Å². The number of aliphatic hydroxyl groups is 1. The standard InChI is InChI=1S/C11H16O3/c1-3-4-8-5-9(7-12)11(13)10(6-8)14-2/h5-6,12-13H,3-4,7H2,1-2H3. The first-order valence-electron chi connectivity index (χ1n) is 4.72. The lowest BCUT2D eigenvalue weighted by Gasteiger charge is -2.10. The maximum Gasteiger partial charge on any atom is 0.163 e. The summed E-state index contributed by atoms with van der Waals surface area (Å²) < 4.78 is 5.01. The molecule has 0 aliphatic carbocycles. The van der Waals surface area contributed by atoms with Crippen molar-refractivity contribution in [1.82, 2.24) is 0 Å². The minimum atomic E-state index is -0.167. The van der Waals surface area contributed by atoms with Gasteiger partial charge in [-0.05, 0) is 24.1 Å². The van der Waals surface area contributed by atoms with Crippen molar-refractivity contribution in [3.63, 3.8) is 0 Å². The molecule has 1 aromatic rings. The molecule has 0 aliphatic rings. The van der Waals surface area contributed by atoms with Crippen LogP contribution in [0.2, 0.25) is 0 Å². The Morgan fingerprint density at radius 1 is 1.36 bits per heavy atom. The van der Waals surface area contributed by atoms with Crippen LogP contribution in [0.1, 0.15) is 24.5 Å². The van der Waals surface area contributed by atoms with Gasteiger partial charge < -0.3 is 14.9 Å². The Morgan fingerprint density at radius 2 is 2.07 bits per heavy atom. The molecule has 0 atom stereocenters. The van der Waals surface area contributed by atoms with Crippen LogP contribution in [0.3, 0.4) is 0 Å². The third-order valence-electron chi connectivity index (χ3n) is 2.14. The Bertz CT molecular complexity index is 282. The normalized spacial score (nSPS) is 10.2. The lowest BCUT2D eigenvalue weighted by Crippen LogP contribution is -1.93. The summed E-state index contributed by atoms with van der Waals surface area (Å²) in [5.74, 6) is 0.467. The summed E-state index contributed by atoms with van der Waals surface area (Å²) in [5.41, 5.74) is 1.60. The summed E-state index contributed by atoms with van der Waals surface area (Å²) >= 11 is 0. The highest BCUT2D eigenvalue weighted by molar-refractivity contribution is 5.48. The lowest BCUT2D eigenvalue weighted by atomic mass is 10.1. The number of benzene rings is 1. The van der Waals surface area contributed by atoms with E-state index in [9.17, 15) is 5.11 Å². The fourth-order valence-corrected chi connectivity index (χ4v) is 1.44. The van der Waals surface area contributed by atoms with Gasteiger partial charge in [-0.1, -0.05) is 13.3 Å². The Balaban J connectivity index is 3.11. The van der Waals surface area contributed by atoms with Gasteiger partial charge in [-0.3, -0.25) is 0 Å². The van der Waals surface area contributed by atoms with Crippen LogP contribution in [-0.4, -0.2) is 17.3 Å². The first-order chi connectivity index (χ1) is 6.72. The van der Waals surface area contributed by atoms with Crippen LogP contribution in [0, 0.1) is 0 Å². The molecular formula is C11H16O3. The number of ether oxygens (including phenoxy) is 1. The highest BCUT2D eigenvalue weighted by Crippen LogP contribution is 2.31. The topological polar surface area (TPSA) is 49.7 Å². The second-order valence-electron chi connectivity index (χ2n) is 3.21. The quantitative estimate of drug-likeness (QED) is 0.772. The van der Waals surface area contributed by atoms with Crippen molar-refractivity contribution in [2.45, 2.75) is 26.4 Å². The maximum atomic E-state index is 9.60. The highest BCUT2D eigenvalue weighted by Gasteiger charge is 2.09. The molecule has 2 N–H and O–H groups in total. The predicted octanol–water partition coefficient (Wildman–Crippen LogP) is 1.85. The van der Waals surface area contributed by atoms with E-state index >= 15 is 0 Å². The molecule has 0 aromatic heterocycles. The van der Waals surface area contributed by atoms with Gasteiger partial charge in [0.25, 0.3) is 0 Å². The molecule has 0 saturated carbocycles. The van der Waals surface area contributed by atoms with Gasteiger partial charge in [0.15, 0.2) is 11.5 Å². The first kappa shape index (κ1) is 10.9. The molecule has 0 spiro atoms. The number of aromatic hydroxyl groups is 1. The SMILES string of the molecule is CCCc1cc(CO)c(O)c(OC)c1. The van der Waals surface area contributed by atoms with Crippen molar-refractivity contribution >= 4 is 0 Å². The van der Waals surface area contributed by atoms with Crippen molar-refractivity contribution in [1.29, 1.82) is 0 Å². The van der Waals surface area contributed by atoms with E-state index in [2.05, 4.69) is 6.92 Å². The zero-order chi connectivity index (χ0) is 10.6. The van der Waals surface area contributed by atoms with E-state index in [1.165, 1.54) is 7.11 Å². The van der Waals surface area contributed by atoms with E-state index in [1.54, 1.807) is 12.1 Å². The van der Waals surface area contributed by atoms with Crippen molar-refractivity contribution in [3.05, 3.63) is 23.3 Å². The summed E-state index contributed by atoms with van der Waals surface area (Å²) in [6.07, 6.45) is 1.95. The van der Waals surface area contributed by atoms with Gasteiger partial charge in [0.05, 0.1) is 13.7 Å². The van der Waals surface area contributed by atoms with Crippen molar-refractivity contribution in [2.24, 2.45) is 0 Å². The minimum absolute atomic E-state index is 0.0369. The largest absolute Gasteiger partial charge is 0.504 e. The molecule has 78 valence electrons. The van der Waals surface area contributed by atoms with E-state index < -0.39 is 0 Å². The average molecular weight is 196 g/mol. The number of aryl methyl sites for hydroxylation is 1. The first-order valence-corrected chi connectivity index (χ1v) is 4.72. The molecule has 3 heteroatoms. The maximum absolute atomic E-state index is 9.60. The van der Waals surface area contributed by atoms with Crippen LogP contribution >= 0.6 is 0 Å². The summed E-state index contributed by atoms with van der Waals surface area (Å²) in [7, 11) is 1.51. The number of hydrogen-bond acceptors (Lipinski definition) is 3. The number of hydrogen-bond donors (Lipinski definition) is 2. The number of aliphatic hydroxyl groups excluding tert-OH is 1. The fourth-order valence-electron chi connectivity index (χ4n) is 1.44. The van der Waals surface area contributed by atoms with Gasteiger partial charge >= 0.3 is 0 Å². The van der Waals surface area contributed by atoms with Gasteiger partial charge in [-0.25, -0.2) is 0 Å². The molecular weight excluding hydrogens is 180 g/mol. The van der Waals surface area contributed by atoms with Crippen molar-refractivity contribution in [2.75, 3.05) is 7.11 Å². The third kappa shape index (κ3) is 2.17. The number of rotatable bonds is 4. The smallest absolute Gasteiger partial charge is 0.163 e. The van der Waals surface area contributed by atoms with E-state index in [4.69, 9.17) is 9.84 Å². The van der Waals surface area contributed by atoms with Crippen LogP contribution in [0.4, 0.5) is 0 Å². The molecule has 0 heterocycles. The zero-order valence-electron chi connectivity index (χ0n) is 8.58. The molecule has 3 nitrogen and oxygen atoms in total. The Morgan fingerprint density at radius 3 is 2.57 bits per heavy atom. The van der Waals surface area contributed by atoms with Crippen LogP contribution in [-0.2, 0) is 13.0 Å². The minimum Gasteiger partial charge on any atom is -0.504 e. The number of phenols is 1. The molecule has 0 radical (unpaired) electrons. The summed E-state index contributed by atoms with van der Waals surface area (Å²) in [4.78, 5) is 0. The van der Waals surface area contributed by atoms with E-state index in [0.717, 1.165) is 18.4 Å². The van der Waals surface area contributed by atoms with Crippen LogP contribution < -0.4 is 4.74 Å². The molecule has 0 aliphatic heterocycles. The average Bonchev–Trinajstić information content (AvgIpc) is 2.20. The lowest BCUT2D eigenvalue weighted by molar-refractivity contribution is 0.272. The molecule has 14 heavy (non-hydrogen) atoms. The van der Waals surface area contributed by atoms with Gasteiger partial charge in [0, 0.05) is 5.56 Å². The van der Waals surface area contributed by atoms with Crippen LogP contribution in [0.5, 0.6) is 11.5 Å². The van der Waals surface area contributed by atoms with E-state index in [-0.39, 0.29) is 12.4 Å². The number of methoxy groups -OCH3 is 1. The van der Waals surface area contributed by atoms with Gasteiger partial charge in [0.2, 0.25) is 0 Å². The summed E-state index contributed by atoms with van der Waals surface area (Å²) in [6.45, 7) is 1.91. The van der Waals surface area contributed by atoms with E-state index in [1.807, 2.05) is 0 Å². The monoisotopic (exact) mass is 196 g/mol.